The van der Waals surface area contributed by atoms with Crippen LogP contribution in [0.25, 0.3) is 10.8 Å². The number of amides is 1. The highest BCUT2D eigenvalue weighted by molar-refractivity contribution is 6.30. The van der Waals surface area contributed by atoms with Crippen LogP contribution in [0.5, 0.6) is 0 Å². The number of hydrogen-bond donors (Lipinski definition) is 0. The van der Waals surface area contributed by atoms with Crippen molar-refractivity contribution in [2.24, 2.45) is 0 Å². The lowest BCUT2D eigenvalue weighted by molar-refractivity contribution is -0.150. The number of esters is 1. The number of aromatic nitrogens is 2. The number of nitrogens with zero attached hydrogens (tertiary/aromatic N) is 4. The van der Waals surface area contributed by atoms with Gasteiger partial charge in [-0.05, 0) is 37.1 Å². The van der Waals surface area contributed by atoms with E-state index in [1.165, 1.54) is 4.68 Å². The number of aryl methyl sites for hydroxylation is 1. The van der Waals surface area contributed by atoms with Crippen LogP contribution in [0, 0.1) is 0 Å². The molecule has 0 N–H and O–H groups in total. The summed E-state index contributed by atoms with van der Waals surface area (Å²) in [5.41, 5.74) is 0.887. The maximum absolute atomic E-state index is 13.5. The van der Waals surface area contributed by atoms with Gasteiger partial charge < -0.3 is 9.64 Å². The average molecular weight is 497 g/mol. The summed E-state index contributed by atoms with van der Waals surface area (Å²) in [6, 6.07) is 13.7. The van der Waals surface area contributed by atoms with Crippen molar-refractivity contribution in [3.8, 4) is 0 Å². The van der Waals surface area contributed by atoms with Crippen LogP contribution >= 0.6 is 11.6 Å². The van der Waals surface area contributed by atoms with Crippen LogP contribution < -0.4 is 5.56 Å². The van der Waals surface area contributed by atoms with Gasteiger partial charge in [0.2, 0.25) is 0 Å². The Morgan fingerprint density at radius 2 is 1.66 bits per heavy atom. The molecule has 0 bridgehead atoms. The van der Waals surface area contributed by atoms with Gasteiger partial charge in [-0.25, -0.2) is 9.48 Å². The summed E-state index contributed by atoms with van der Waals surface area (Å²) in [4.78, 5) is 42.9. The Morgan fingerprint density at radius 3 is 2.29 bits per heavy atom. The van der Waals surface area contributed by atoms with Crippen molar-refractivity contribution in [3.63, 3.8) is 0 Å². The lowest BCUT2D eigenvalue weighted by Crippen LogP contribution is -2.51. The summed E-state index contributed by atoms with van der Waals surface area (Å²) in [6.07, 6.45) is 0.734. The van der Waals surface area contributed by atoms with E-state index in [0.717, 1.165) is 12.0 Å². The summed E-state index contributed by atoms with van der Waals surface area (Å²) < 4.78 is 6.72. The van der Waals surface area contributed by atoms with E-state index in [1.807, 2.05) is 24.0 Å². The number of piperazine rings is 1. The van der Waals surface area contributed by atoms with E-state index < -0.39 is 6.04 Å². The molecule has 3 aromatic rings. The van der Waals surface area contributed by atoms with Crippen molar-refractivity contribution in [2.75, 3.05) is 32.8 Å². The van der Waals surface area contributed by atoms with Gasteiger partial charge >= 0.3 is 5.97 Å². The van der Waals surface area contributed by atoms with Gasteiger partial charge in [0.1, 0.15) is 6.04 Å². The zero-order chi connectivity index (χ0) is 24.9. The first-order valence-corrected chi connectivity index (χ1v) is 12.3. The van der Waals surface area contributed by atoms with Crippen molar-refractivity contribution < 1.29 is 14.3 Å². The number of fused-ring (bicyclic) bond motifs is 1. The molecule has 1 aliphatic rings. The first-order chi connectivity index (χ1) is 16.9. The number of ether oxygens (including phenoxy) is 1. The minimum absolute atomic E-state index is 0.191. The molecule has 1 fully saturated rings. The Balaban J connectivity index is 1.57. The Morgan fingerprint density at radius 1 is 1.00 bits per heavy atom. The highest BCUT2D eigenvalue weighted by Gasteiger charge is 2.33. The third-order valence-electron chi connectivity index (χ3n) is 6.17. The molecular weight excluding hydrogens is 468 g/mol. The van der Waals surface area contributed by atoms with E-state index in [-0.39, 0.29) is 29.7 Å². The normalized spacial score (nSPS) is 15.2. The molecule has 184 valence electrons. The van der Waals surface area contributed by atoms with Crippen molar-refractivity contribution in [3.05, 3.63) is 75.2 Å². The summed E-state index contributed by atoms with van der Waals surface area (Å²) in [5, 5.41) is 6.08. The summed E-state index contributed by atoms with van der Waals surface area (Å²) >= 11 is 6.04. The Hall–Kier alpha value is -3.23. The van der Waals surface area contributed by atoms with Crippen LogP contribution in [0.15, 0.2) is 53.3 Å². The third-order valence-corrected chi connectivity index (χ3v) is 6.42. The molecule has 1 aromatic heterocycles. The zero-order valence-electron chi connectivity index (χ0n) is 19.9. The van der Waals surface area contributed by atoms with E-state index in [2.05, 4.69) is 5.10 Å². The van der Waals surface area contributed by atoms with E-state index in [4.69, 9.17) is 16.3 Å². The second-order valence-electron chi connectivity index (χ2n) is 8.46. The molecule has 4 rings (SSSR count). The number of rotatable bonds is 7. The highest BCUT2D eigenvalue weighted by atomic mass is 35.5. The molecule has 2 heterocycles. The standard InChI is InChI=1S/C26H29ClN4O4/c1-3-13-31-24(32)21-8-6-5-7-20(21)22(28-31)25(33)30-16-14-29(15-17-30)23(26(34)35-4-2)18-9-11-19(27)12-10-18/h5-12,23H,3-4,13-17H2,1-2H3/t23-/m1/s1. The predicted molar refractivity (Wildman–Crippen MR) is 135 cm³/mol. The first-order valence-electron chi connectivity index (χ1n) is 11.9. The molecule has 0 spiro atoms. The molecule has 1 saturated heterocycles. The quantitative estimate of drug-likeness (QED) is 0.465. The van der Waals surface area contributed by atoms with Crippen LogP contribution in [0.1, 0.15) is 42.4 Å². The molecule has 0 saturated carbocycles. The van der Waals surface area contributed by atoms with Gasteiger partial charge in [0.25, 0.3) is 11.5 Å². The second kappa shape index (κ2) is 11.0. The smallest absolute Gasteiger partial charge is 0.328 e. The molecule has 0 radical (unpaired) electrons. The SMILES string of the molecule is CCCn1nc(C(=O)N2CCN([C@@H](C(=O)OCC)c3ccc(Cl)cc3)CC2)c2ccccc2c1=O. The largest absolute Gasteiger partial charge is 0.465 e. The molecular formula is C26H29ClN4O4. The van der Waals surface area contributed by atoms with E-state index in [1.54, 1.807) is 48.2 Å². The topological polar surface area (TPSA) is 84.7 Å². The summed E-state index contributed by atoms with van der Waals surface area (Å²) in [7, 11) is 0. The van der Waals surface area contributed by atoms with E-state index >= 15 is 0 Å². The maximum Gasteiger partial charge on any atom is 0.328 e. The molecule has 1 amide bonds. The van der Waals surface area contributed by atoms with Crippen molar-refractivity contribution in [1.29, 1.82) is 0 Å². The van der Waals surface area contributed by atoms with Gasteiger partial charge in [-0.2, -0.15) is 5.10 Å². The first kappa shape index (κ1) is 24.9. The number of carbonyl (C=O) groups is 2. The lowest BCUT2D eigenvalue weighted by Gasteiger charge is -2.38. The Kier molecular flexibility index (Phi) is 7.83. The average Bonchev–Trinajstić information content (AvgIpc) is 2.87. The molecule has 8 nitrogen and oxygen atoms in total. The van der Waals surface area contributed by atoms with Crippen LogP contribution in [0.3, 0.4) is 0 Å². The minimum atomic E-state index is -0.574. The molecule has 0 aliphatic carbocycles. The predicted octanol–water partition coefficient (Wildman–Crippen LogP) is 3.52. The van der Waals surface area contributed by atoms with Gasteiger partial charge in [0.05, 0.1) is 12.0 Å². The fourth-order valence-electron chi connectivity index (χ4n) is 4.45. The number of hydrogen-bond acceptors (Lipinski definition) is 6. The van der Waals surface area contributed by atoms with Crippen LogP contribution in [-0.2, 0) is 16.1 Å². The highest BCUT2D eigenvalue weighted by Crippen LogP contribution is 2.26. The molecule has 1 aliphatic heterocycles. The number of carbonyl (C=O) groups excluding carboxylic acids is 2. The fourth-order valence-corrected chi connectivity index (χ4v) is 4.58. The van der Waals surface area contributed by atoms with Gasteiger partial charge in [-0.3, -0.25) is 14.5 Å². The summed E-state index contributed by atoms with van der Waals surface area (Å²) in [6.45, 7) is 6.30. The van der Waals surface area contributed by atoms with E-state index in [9.17, 15) is 14.4 Å². The molecule has 9 heteroatoms. The van der Waals surface area contributed by atoms with Crippen molar-refractivity contribution in [2.45, 2.75) is 32.9 Å². The minimum Gasteiger partial charge on any atom is -0.465 e. The maximum atomic E-state index is 13.5. The van der Waals surface area contributed by atoms with Crippen molar-refractivity contribution in [1.82, 2.24) is 19.6 Å². The van der Waals surface area contributed by atoms with Crippen LogP contribution in [0.4, 0.5) is 0 Å². The van der Waals surface area contributed by atoms with Crippen molar-refractivity contribution >= 4 is 34.2 Å². The van der Waals surface area contributed by atoms with Gasteiger partial charge in [0.15, 0.2) is 5.69 Å². The lowest BCUT2D eigenvalue weighted by atomic mass is 10.0. The van der Waals surface area contributed by atoms with Gasteiger partial charge in [-0.1, -0.05) is 48.9 Å². The summed E-state index contributed by atoms with van der Waals surface area (Å²) in [5.74, 6) is -0.543. The van der Waals surface area contributed by atoms with Crippen LogP contribution in [-0.4, -0.2) is 64.2 Å². The second-order valence-corrected chi connectivity index (χ2v) is 8.89. The third kappa shape index (κ3) is 5.23. The number of halogens is 1. The number of benzene rings is 2. The molecule has 2 aromatic carbocycles. The molecule has 0 unspecified atom stereocenters. The Labute approximate surface area is 209 Å². The van der Waals surface area contributed by atoms with E-state index in [0.29, 0.717) is 48.5 Å². The zero-order valence-corrected chi connectivity index (χ0v) is 20.7. The molecule has 35 heavy (non-hydrogen) atoms. The Bertz CT molecular complexity index is 1270. The molecule has 1 atom stereocenters. The van der Waals surface area contributed by atoms with Gasteiger partial charge in [0, 0.05) is 43.1 Å². The van der Waals surface area contributed by atoms with Crippen LogP contribution in [0.2, 0.25) is 5.02 Å². The fraction of sp³-hybridized carbons (Fsp3) is 0.385. The monoisotopic (exact) mass is 496 g/mol. The van der Waals surface area contributed by atoms with Gasteiger partial charge in [-0.15, -0.1) is 0 Å².